The topological polar surface area (TPSA) is 113 Å². The number of nitrogens with zero attached hydrogens (tertiary/aromatic N) is 4. The molecule has 164 valence electrons. The van der Waals surface area contributed by atoms with Crippen molar-refractivity contribution in [1.29, 1.82) is 0 Å². The van der Waals surface area contributed by atoms with Crippen LogP contribution in [0.2, 0.25) is 0 Å². The van der Waals surface area contributed by atoms with E-state index in [4.69, 9.17) is 0 Å². The van der Waals surface area contributed by atoms with Gasteiger partial charge in [-0.15, -0.1) is 0 Å². The third kappa shape index (κ3) is 4.97. The standard InChI is InChI=1S/C22H21FN6O3/c1-14-11-20(27-21(24-14)15-3-2-4-19(12-15)29(31)32)28-10-9-18(13-28)26-22(30)25-17-7-5-16(23)6-8-17/h2-8,11-12,18H,9-10,13H2,1H3,(H2,25,26,30). The van der Waals surface area contributed by atoms with Gasteiger partial charge in [0, 0.05) is 54.3 Å². The average molecular weight is 436 g/mol. The molecule has 3 aromatic rings. The summed E-state index contributed by atoms with van der Waals surface area (Å²) < 4.78 is 13.0. The number of halogens is 1. The molecular formula is C22H21FN6O3. The molecule has 9 nitrogen and oxygen atoms in total. The lowest BCUT2D eigenvalue weighted by Gasteiger charge is -2.19. The number of hydrogen-bond donors (Lipinski definition) is 2. The van der Waals surface area contributed by atoms with Crippen LogP contribution in [0.5, 0.6) is 0 Å². The van der Waals surface area contributed by atoms with Crippen LogP contribution in [0.25, 0.3) is 11.4 Å². The third-order valence-corrected chi connectivity index (χ3v) is 5.11. The molecule has 0 saturated carbocycles. The van der Waals surface area contributed by atoms with Crippen molar-refractivity contribution in [3.8, 4) is 11.4 Å². The van der Waals surface area contributed by atoms with Gasteiger partial charge in [-0.1, -0.05) is 12.1 Å². The highest BCUT2D eigenvalue weighted by Crippen LogP contribution is 2.25. The van der Waals surface area contributed by atoms with Crippen LogP contribution >= 0.6 is 0 Å². The van der Waals surface area contributed by atoms with Gasteiger partial charge in [-0.2, -0.15) is 0 Å². The van der Waals surface area contributed by atoms with E-state index in [1.807, 2.05) is 17.9 Å². The van der Waals surface area contributed by atoms with E-state index >= 15 is 0 Å². The van der Waals surface area contributed by atoms with Crippen molar-refractivity contribution in [3.63, 3.8) is 0 Å². The maximum Gasteiger partial charge on any atom is 0.319 e. The number of non-ortho nitro benzene ring substituents is 1. The number of anilines is 2. The van der Waals surface area contributed by atoms with Gasteiger partial charge < -0.3 is 15.5 Å². The molecular weight excluding hydrogens is 415 g/mol. The first-order chi connectivity index (χ1) is 15.4. The predicted molar refractivity (Wildman–Crippen MR) is 118 cm³/mol. The predicted octanol–water partition coefficient (Wildman–Crippen LogP) is 3.90. The van der Waals surface area contributed by atoms with Gasteiger partial charge in [0.15, 0.2) is 5.82 Å². The number of aryl methyl sites for hydroxylation is 1. The third-order valence-electron chi connectivity index (χ3n) is 5.11. The second-order valence-electron chi connectivity index (χ2n) is 7.54. The summed E-state index contributed by atoms with van der Waals surface area (Å²) in [6.45, 7) is 3.09. The van der Waals surface area contributed by atoms with Crippen LogP contribution in [-0.4, -0.2) is 40.1 Å². The molecule has 2 heterocycles. The van der Waals surface area contributed by atoms with Crippen LogP contribution in [-0.2, 0) is 0 Å². The van der Waals surface area contributed by atoms with Crippen molar-refractivity contribution in [1.82, 2.24) is 15.3 Å². The number of amides is 2. The fourth-order valence-corrected chi connectivity index (χ4v) is 3.57. The number of carbonyl (C=O) groups excluding carboxylic acids is 1. The van der Waals surface area contributed by atoms with E-state index in [1.165, 1.54) is 36.4 Å². The molecule has 2 amide bonds. The first-order valence-electron chi connectivity index (χ1n) is 10.1. The number of nitrogens with one attached hydrogen (secondary N) is 2. The van der Waals surface area contributed by atoms with Gasteiger partial charge in [-0.3, -0.25) is 10.1 Å². The normalized spacial score (nSPS) is 15.4. The SMILES string of the molecule is Cc1cc(N2CCC(NC(=O)Nc3ccc(F)cc3)C2)nc(-c2cccc([N+](=O)[O-])c2)n1. The molecule has 0 radical (unpaired) electrons. The smallest absolute Gasteiger partial charge is 0.319 e. The summed E-state index contributed by atoms with van der Waals surface area (Å²) in [5, 5.41) is 16.7. The van der Waals surface area contributed by atoms with Crippen LogP contribution in [0.3, 0.4) is 0 Å². The number of hydrogen-bond acceptors (Lipinski definition) is 6. The maximum atomic E-state index is 13.0. The molecule has 1 aliphatic rings. The molecule has 2 aromatic carbocycles. The zero-order valence-corrected chi connectivity index (χ0v) is 17.3. The molecule has 1 fully saturated rings. The van der Waals surface area contributed by atoms with E-state index in [1.54, 1.807) is 12.1 Å². The Morgan fingerprint density at radius 3 is 2.72 bits per heavy atom. The van der Waals surface area contributed by atoms with Gasteiger partial charge in [-0.05, 0) is 37.6 Å². The van der Waals surface area contributed by atoms with E-state index in [0.717, 1.165) is 12.1 Å². The van der Waals surface area contributed by atoms with Crippen molar-refractivity contribution in [2.75, 3.05) is 23.3 Å². The molecule has 1 atom stereocenters. The number of benzene rings is 2. The summed E-state index contributed by atoms with van der Waals surface area (Å²) in [5.41, 5.74) is 1.79. The zero-order valence-electron chi connectivity index (χ0n) is 17.3. The second-order valence-corrected chi connectivity index (χ2v) is 7.54. The highest BCUT2D eigenvalue weighted by atomic mass is 19.1. The first-order valence-corrected chi connectivity index (χ1v) is 10.1. The summed E-state index contributed by atoms with van der Waals surface area (Å²) in [6.07, 6.45) is 0.728. The second kappa shape index (κ2) is 8.96. The van der Waals surface area contributed by atoms with Crippen LogP contribution in [0.15, 0.2) is 54.6 Å². The maximum absolute atomic E-state index is 13.0. The van der Waals surface area contributed by atoms with Gasteiger partial charge in [0.25, 0.3) is 5.69 Å². The Balaban J connectivity index is 1.43. The lowest BCUT2D eigenvalue weighted by Crippen LogP contribution is -2.39. The minimum atomic E-state index is -0.450. The van der Waals surface area contributed by atoms with Crippen molar-refractivity contribution in [2.24, 2.45) is 0 Å². The van der Waals surface area contributed by atoms with Crippen LogP contribution in [0.4, 0.5) is 26.4 Å². The Bertz CT molecular complexity index is 1150. The average Bonchev–Trinajstić information content (AvgIpc) is 3.23. The lowest BCUT2D eigenvalue weighted by atomic mass is 10.2. The molecule has 0 aliphatic carbocycles. The van der Waals surface area contributed by atoms with E-state index < -0.39 is 4.92 Å². The minimum absolute atomic E-state index is 0.0215. The lowest BCUT2D eigenvalue weighted by molar-refractivity contribution is -0.384. The first kappa shape index (κ1) is 21.2. The number of aromatic nitrogens is 2. The molecule has 0 bridgehead atoms. The summed E-state index contributed by atoms with van der Waals surface area (Å²) in [4.78, 5) is 34.0. The molecule has 1 aliphatic heterocycles. The summed E-state index contributed by atoms with van der Waals surface area (Å²) in [7, 11) is 0. The Kier molecular flexibility index (Phi) is 5.93. The molecule has 10 heteroatoms. The zero-order chi connectivity index (χ0) is 22.7. The van der Waals surface area contributed by atoms with Gasteiger partial charge in [0.05, 0.1) is 4.92 Å². The highest BCUT2D eigenvalue weighted by Gasteiger charge is 2.25. The quantitative estimate of drug-likeness (QED) is 0.463. The summed E-state index contributed by atoms with van der Waals surface area (Å²) in [6, 6.07) is 13.2. The molecule has 1 saturated heterocycles. The van der Waals surface area contributed by atoms with Crippen LogP contribution < -0.4 is 15.5 Å². The van der Waals surface area contributed by atoms with E-state index in [0.29, 0.717) is 36.0 Å². The molecule has 1 aromatic heterocycles. The molecule has 1 unspecified atom stereocenters. The Hall–Kier alpha value is -4.08. The van der Waals surface area contributed by atoms with E-state index in [9.17, 15) is 19.3 Å². The largest absolute Gasteiger partial charge is 0.354 e. The number of urea groups is 1. The van der Waals surface area contributed by atoms with E-state index in [-0.39, 0.29) is 23.6 Å². The number of rotatable bonds is 5. The Labute approximate surface area is 183 Å². The number of nitro groups is 1. The fourth-order valence-electron chi connectivity index (χ4n) is 3.57. The summed E-state index contributed by atoms with van der Waals surface area (Å²) in [5.74, 6) is 0.739. The van der Waals surface area contributed by atoms with Gasteiger partial charge >= 0.3 is 6.03 Å². The molecule has 0 spiro atoms. The Morgan fingerprint density at radius 2 is 1.97 bits per heavy atom. The monoisotopic (exact) mass is 436 g/mol. The van der Waals surface area contributed by atoms with Gasteiger partial charge in [0.1, 0.15) is 11.6 Å². The fraction of sp³-hybridized carbons (Fsp3) is 0.227. The van der Waals surface area contributed by atoms with Crippen molar-refractivity contribution in [2.45, 2.75) is 19.4 Å². The van der Waals surface area contributed by atoms with E-state index in [2.05, 4.69) is 20.6 Å². The van der Waals surface area contributed by atoms with Crippen LogP contribution in [0.1, 0.15) is 12.1 Å². The Morgan fingerprint density at radius 1 is 1.19 bits per heavy atom. The molecule has 32 heavy (non-hydrogen) atoms. The molecule has 4 rings (SSSR count). The van der Waals surface area contributed by atoms with Gasteiger partial charge in [0.2, 0.25) is 0 Å². The van der Waals surface area contributed by atoms with Gasteiger partial charge in [-0.25, -0.2) is 19.2 Å². The van der Waals surface area contributed by atoms with Crippen molar-refractivity contribution < 1.29 is 14.1 Å². The minimum Gasteiger partial charge on any atom is -0.354 e. The summed E-state index contributed by atoms with van der Waals surface area (Å²) >= 11 is 0. The highest BCUT2D eigenvalue weighted by molar-refractivity contribution is 5.89. The van der Waals surface area contributed by atoms with Crippen molar-refractivity contribution in [3.05, 3.63) is 76.2 Å². The number of carbonyl (C=O) groups is 1. The molecule has 2 N–H and O–H groups in total. The van der Waals surface area contributed by atoms with Crippen LogP contribution in [0, 0.1) is 22.9 Å². The number of nitro benzene ring substituents is 1. The van der Waals surface area contributed by atoms with Crippen molar-refractivity contribution >= 4 is 23.2 Å².